The fourth-order valence-electron chi connectivity index (χ4n) is 2.43. The van der Waals surface area contributed by atoms with Gasteiger partial charge < -0.3 is 30.0 Å². The number of carbonyl (C=O) groups excluding carboxylic acids is 2. The van der Waals surface area contributed by atoms with Crippen LogP contribution < -0.4 is 30.0 Å². The Kier molecular flexibility index (Phi) is 5.98. The second kappa shape index (κ2) is 8.79. The van der Waals surface area contributed by atoms with Gasteiger partial charge in [-0.25, -0.2) is 0 Å². The Bertz CT molecular complexity index is 806. The Labute approximate surface area is 156 Å². The molecule has 1 aliphatic rings. The number of benzene rings is 2. The molecule has 8 heteroatoms. The molecule has 27 heavy (non-hydrogen) atoms. The molecule has 0 saturated carbocycles. The van der Waals surface area contributed by atoms with E-state index in [0.717, 1.165) is 5.56 Å². The molecule has 1 heterocycles. The van der Waals surface area contributed by atoms with Crippen molar-refractivity contribution < 1.29 is 28.5 Å². The van der Waals surface area contributed by atoms with Crippen LogP contribution in [-0.2, 0) is 16.0 Å². The first kappa shape index (κ1) is 18.4. The van der Waals surface area contributed by atoms with E-state index < -0.39 is 5.91 Å². The summed E-state index contributed by atoms with van der Waals surface area (Å²) in [6.07, 6.45) is 0.171. The summed E-state index contributed by atoms with van der Waals surface area (Å²) in [4.78, 5) is 22.7. The van der Waals surface area contributed by atoms with E-state index in [-0.39, 0.29) is 25.7 Å². The van der Waals surface area contributed by atoms with Crippen LogP contribution in [0.15, 0.2) is 42.5 Å². The molecule has 0 aromatic heterocycles. The Morgan fingerprint density at radius 2 is 1.74 bits per heavy atom. The lowest BCUT2D eigenvalue weighted by atomic mass is 10.1. The fourth-order valence-corrected chi connectivity index (χ4v) is 2.43. The molecule has 3 N–H and O–H groups in total. The van der Waals surface area contributed by atoms with Gasteiger partial charge in [-0.05, 0) is 29.8 Å². The highest BCUT2D eigenvalue weighted by Gasteiger charge is 2.13. The molecule has 2 amide bonds. The third-order valence-corrected chi connectivity index (χ3v) is 3.71. The second-order valence-electron chi connectivity index (χ2n) is 5.79. The quantitative estimate of drug-likeness (QED) is 0.636. The lowest BCUT2D eigenvalue weighted by Gasteiger charge is -2.09. The van der Waals surface area contributed by atoms with Gasteiger partial charge in [0.1, 0.15) is 18.1 Å². The van der Waals surface area contributed by atoms with Gasteiger partial charge >= 0.3 is 0 Å². The van der Waals surface area contributed by atoms with Crippen LogP contribution in [0.3, 0.4) is 0 Å². The minimum atomic E-state index is -0.397. The number of fused-ring (bicyclic) bond motifs is 1. The van der Waals surface area contributed by atoms with Crippen molar-refractivity contribution in [2.24, 2.45) is 5.73 Å². The van der Waals surface area contributed by atoms with E-state index in [1.807, 2.05) is 0 Å². The van der Waals surface area contributed by atoms with Crippen molar-refractivity contribution in [3.8, 4) is 23.0 Å². The van der Waals surface area contributed by atoms with Gasteiger partial charge in [0.2, 0.25) is 12.7 Å². The molecule has 8 nitrogen and oxygen atoms in total. The normalized spacial score (nSPS) is 11.7. The van der Waals surface area contributed by atoms with Crippen LogP contribution in [0.5, 0.6) is 23.0 Å². The molecule has 3 rings (SSSR count). The standard InChI is InChI=1S/C19H20N2O6/c20-18(22)9-13-1-3-14(4-2-13)25-11-19(23)21-7-8-24-15-5-6-16-17(10-15)27-12-26-16/h1-6,10H,7-9,11-12H2,(H2,20,22)(H,21,23). The van der Waals surface area contributed by atoms with Crippen molar-refractivity contribution in [2.45, 2.75) is 6.42 Å². The minimum absolute atomic E-state index is 0.112. The summed E-state index contributed by atoms with van der Waals surface area (Å²) in [6, 6.07) is 12.1. The zero-order valence-corrected chi connectivity index (χ0v) is 14.6. The van der Waals surface area contributed by atoms with E-state index in [1.54, 1.807) is 42.5 Å². The van der Waals surface area contributed by atoms with Gasteiger partial charge in [0, 0.05) is 6.07 Å². The highest BCUT2D eigenvalue weighted by molar-refractivity contribution is 5.77. The number of carbonyl (C=O) groups is 2. The van der Waals surface area contributed by atoms with Gasteiger partial charge in [-0.1, -0.05) is 12.1 Å². The van der Waals surface area contributed by atoms with E-state index >= 15 is 0 Å². The average molecular weight is 372 g/mol. The zero-order valence-electron chi connectivity index (χ0n) is 14.6. The van der Waals surface area contributed by atoms with Gasteiger partial charge in [-0.3, -0.25) is 9.59 Å². The summed E-state index contributed by atoms with van der Waals surface area (Å²) in [6.45, 7) is 0.753. The number of ether oxygens (including phenoxy) is 4. The maximum atomic E-state index is 11.8. The lowest BCUT2D eigenvalue weighted by Crippen LogP contribution is -2.32. The molecule has 0 spiro atoms. The Morgan fingerprint density at radius 1 is 1.00 bits per heavy atom. The lowest BCUT2D eigenvalue weighted by molar-refractivity contribution is -0.123. The molecule has 0 saturated heterocycles. The van der Waals surface area contributed by atoms with Crippen molar-refractivity contribution in [2.75, 3.05) is 26.6 Å². The van der Waals surface area contributed by atoms with Gasteiger partial charge in [-0.15, -0.1) is 0 Å². The third-order valence-electron chi connectivity index (χ3n) is 3.71. The van der Waals surface area contributed by atoms with Crippen LogP contribution in [0.25, 0.3) is 0 Å². The first-order valence-corrected chi connectivity index (χ1v) is 8.39. The average Bonchev–Trinajstić information content (AvgIpc) is 3.12. The number of primary amides is 1. The molecule has 2 aromatic rings. The Balaban J connectivity index is 1.33. The summed E-state index contributed by atoms with van der Waals surface area (Å²) in [7, 11) is 0. The van der Waals surface area contributed by atoms with Crippen molar-refractivity contribution in [1.82, 2.24) is 5.32 Å². The van der Waals surface area contributed by atoms with Crippen LogP contribution in [0.2, 0.25) is 0 Å². The van der Waals surface area contributed by atoms with E-state index in [0.29, 0.717) is 36.1 Å². The molecule has 0 unspecified atom stereocenters. The van der Waals surface area contributed by atoms with Crippen LogP contribution in [0, 0.1) is 0 Å². The van der Waals surface area contributed by atoms with Crippen molar-refractivity contribution in [1.29, 1.82) is 0 Å². The summed E-state index contributed by atoms with van der Waals surface area (Å²) in [5, 5.41) is 2.71. The van der Waals surface area contributed by atoms with Gasteiger partial charge in [0.05, 0.1) is 13.0 Å². The molecule has 0 atom stereocenters. The van der Waals surface area contributed by atoms with Crippen LogP contribution in [-0.4, -0.2) is 38.4 Å². The van der Waals surface area contributed by atoms with Crippen LogP contribution in [0.4, 0.5) is 0 Å². The molecule has 0 fully saturated rings. The number of nitrogens with one attached hydrogen (secondary N) is 1. The van der Waals surface area contributed by atoms with Crippen molar-refractivity contribution in [3.63, 3.8) is 0 Å². The number of rotatable bonds is 9. The fraction of sp³-hybridized carbons (Fsp3) is 0.263. The smallest absolute Gasteiger partial charge is 0.258 e. The maximum absolute atomic E-state index is 11.8. The summed E-state index contributed by atoms with van der Waals surface area (Å²) < 4.78 is 21.5. The second-order valence-corrected chi connectivity index (χ2v) is 5.79. The first-order valence-electron chi connectivity index (χ1n) is 8.39. The number of hydrogen-bond donors (Lipinski definition) is 2. The Morgan fingerprint density at radius 3 is 2.52 bits per heavy atom. The highest BCUT2D eigenvalue weighted by Crippen LogP contribution is 2.34. The predicted octanol–water partition coefficient (Wildman–Crippen LogP) is 1.02. The molecule has 0 bridgehead atoms. The van der Waals surface area contributed by atoms with E-state index in [4.69, 9.17) is 24.7 Å². The number of hydrogen-bond acceptors (Lipinski definition) is 6. The Hall–Kier alpha value is -3.42. The van der Waals surface area contributed by atoms with Gasteiger partial charge in [0.15, 0.2) is 18.1 Å². The van der Waals surface area contributed by atoms with Crippen LogP contribution >= 0.6 is 0 Å². The number of amides is 2. The molecule has 0 radical (unpaired) electrons. The van der Waals surface area contributed by atoms with Gasteiger partial charge in [-0.2, -0.15) is 0 Å². The van der Waals surface area contributed by atoms with Crippen LogP contribution in [0.1, 0.15) is 5.56 Å². The summed E-state index contributed by atoms with van der Waals surface area (Å²) in [5.41, 5.74) is 5.93. The zero-order chi connectivity index (χ0) is 19.1. The minimum Gasteiger partial charge on any atom is -0.492 e. The summed E-state index contributed by atoms with van der Waals surface area (Å²) >= 11 is 0. The largest absolute Gasteiger partial charge is 0.492 e. The monoisotopic (exact) mass is 372 g/mol. The van der Waals surface area contributed by atoms with E-state index in [1.165, 1.54) is 0 Å². The predicted molar refractivity (Wildman–Crippen MR) is 95.9 cm³/mol. The topological polar surface area (TPSA) is 109 Å². The number of nitrogens with two attached hydrogens (primary N) is 1. The van der Waals surface area contributed by atoms with Crippen molar-refractivity contribution in [3.05, 3.63) is 48.0 Å². The molecule has 0 aliphatic carbocycles. The van der Waals surface area contributed by atoms with E-state index in [9.17, 15) is 9.59 Å². The molecular weight excluding hydrogens is 352 g/mol. The summed E-state index contributed by atoms with van der Waals surface area (Å²) in [5.74, 6) is 1.86. The SMILES string of the molecule is NC(=O)Cc1ccc(OCC(=O)NCCOc2ccc3c(c2)OCO3)cc1. The molecule has 1 aliphatic heterocycles. The van der Waals surface area contributed by atoms with E-state index in [2.05, 4.69) is 5.32 Å². The molecule has 2 aromatic carbocycles. The first-order chi connectivity index (χ1) is 13.1. The molecule has 142 valence electrons. The third kappa shape index (κ3) is 5.53. The molecular formula is C19H20N2O6. The highest BCUT2D eigenvalue weighted by atomic mass is 16.7. The maximum Gasteiger partial charge on any atom is 0.258 e. The van der Waals surface area contributed by atoms with Gasteiger partial charge in [0.25, 0.3) is 5.91 Å². The van der Waals surface area contributed by atoms with Crippen molar-refractivity contribution >= 4 is 11.8 Å².